The van der Waals surface area contributed by atoms with Crippen molar-refractivity contribution in [2.75, 3.05) is 20.1 Å². The average Bonchev–Trinajstić information content (AvgIpc) is 1.82. The number of carbonyl (C=O) groups excluding carboxylic acids is 1. The molecule has 0 aliphatic rings. The zero-order valence-corrected chi connectivity index (χ0v) is 7.63. The number of nitrogens with two attached hydrogens (primary N) is 1. The van der Waals surface area contributed by atoms with Crippen LogP contribution in [0, 0.1) is 5.92 Å². The van der Waals surface area contributed by atoms with E-state index in [9.17, 15) is 4.79 Å². The van der Waals surface area contributed by atoms with Gasteiger partial charge in [0.25, 0.3) is 0 Å². The summed E-state index contributed by atoms with van der Waals surface area (Å²) in [6.07, 6.45) is 0.462. The minimum Gasteiger partial charge on any atom is -0.370 e. The molecule has 2 N–H and O–H groups in total. The molecule has 0 atom stereocenters. The standard InChI is InChI=1S/C8H18N2O/c1-7(2)6-10(3)5-4-8(9)11/h7H,4-6H2,1-3H3,(H2,9,11). The zero-order chi connectivity index (χ0) is 8.85. The summed E-state index contributed by atoms with van der Waals surface area (Å²) in [4.78, 5) is 12.5. The molecule has 0 spiro atoms. The van der Waals surface area contributed by atoms with E-state index in [1.165, 1.54) is 0 Å². The summed E-state index contributed by atoms with van der Waals surface area (Å²) in [5.41, 5.74) is 5.01. The molecule has 0 saturated heterocycles. The first kappa shape index (κ1) is 10.4. The van der Waals surface area contributed by atoms with Gasteiger partial charge in [-0.05, 0) is 13.0 Å². The van der Waals surface area contributed by atoms with Crippen LogP contribution in [-0.2, 0) is 4.79 Å². The van der Waals surface area contributed by atoms with Gasteiger partial charge in [0.15, 0.2) is 0 Å². The maximum absolute atomic E-state index is 10.4. The molecule has 0 aliphatic heterocycles. The molecule has 0 aliphatic carbocycles. The Bertz CT molecular complexity index is 123. The molecule has 0 aromatic carbocycles. The molecule has 0 bridgehead atoms. The summed E-state index contributed by atoms with van der Waals surface area (Å²) in [5, 5.41) is 0. The van der Waals surface area contributed by atoms with Crippen LogP contribution in [-0.4, -0.2) is 30.9 Å². The fourth-order valence-corrected chi connectivity index (χ4v) is 1.02. The predicted octanol–water partition coefficient (Wildman–Crippen LogP) is 0.450. The molecule has 0 unspecified atom stereocenters. The van der Waals surface area contributed by atoms with Gasteiger partial charge in [-0.25, -0.2) is 0 Å². The Hall–Kier alpha value is -0.570. The summed E-state index contributed by atoms with van der Waals surface area (Å²) in [7, 11) is 2.00. The van der Waals surface area contributed by atoms with Crippen molar-refractivity contribution in [3.8, 4) is 0 Å². The van der Waals surface area contributed by atoms with Crippen molar-refractivity contribution in [1.82, 2.24) is 4.90 Å². The zero-order valence-electron chi connectivity index (χ0n) is 7.63. The van der Waals surface area contributed by atoms with Gasteiger partial charge in [0, 0.05) is 19.5 Å². The first-order chi connectivity index (χ1) is 5.02. The molecule has 3 heteroatoms. The number of nitrogens with zero attached hydrogens (tertiary/aromatic N) is 1. The third kappa shape index (κ3) is 7.33. The Balaban J connectivity index is 3.37. The van der Waals surface area contributed by atoms with Crippen molar-refractivity contribution in [1.29, 1.82) is 0 Å². The number of amides is 1. The van der Waals surface area contributed by atoms with Gasteiger partial charge in [0.05, 0.1) is 0 Å². The Kier molecular flexibility index (Phi) is 4.86. The van der Waals surface area contributed by atoms with Gasteiger partial charge in [-0.1, -0.05) is 13.8 Å². The molecule has 0 radical (unpaired) electrons. The number of hydrogen-bond acceptors (Lipinski definition) is 2. The highest BCUT2D eigenvalue weighted by Gasteiger charge is 2.02. The van der Waals surface area contributed by atoms with E-state index in [1.54, 1.807) is 0 Å². The van der Waals surface area contributed by atoms with E-state index < -0.39 is 0 Å². The van der Waals surface area contributed by atoms with Crippen molar-refractivity contribution in [2.45, 2.75) is 20.3 Å². The lowest BCUT2D eigenvalue weighted by molar-refractivity contribution is -0.118. The highest BCUT2D eigenvalue weighted by Crippen LogP contribution is 1.95. The Morgan fingerprint density at radius 2 is 2.09 bits per heavy atom. The van der Waals surface area contributed by atoms with Crippen LogP contribution in [0.2, 0.25) is 0 Å². The van der Waals surface area contributed by atoms with Crippen molar-refractivity contribution < 1.29 is 4.79 Å². The predicted molar refractivity (Wildman–Crippen MR) is 46.1 cm³/mol. The topological polar surface area (TPSA) is 46.3 Å². The fourth-order valence-electron chi connectivity index (χ4n) is 1.02. The number of carbonyl (C=O) groups is 1. The van der Waals surface area contributed by atoms with Crippen LogP contribution >= 0.6 is 0 Å². The largest absolute Gasteiger partial charge is 0.370 e. The number of hydrogen-bond donors (Lipinski definition) is 1. The third-order valence-corrected chi connectivity index (χ3v) is 1.42. The Labute approximate surface area is 68.6 Å². The molecule has 3 nitrogen and oxygen atoms in total. The lowest BCUT2D eigenvalue weighted by atomic mass is 10.2. The molecular formula is C8H18N2O. The van der Waals surface area contributed by atoms with Gasteiger partial charge in [-0.3, -0.25) is 4.79 Å². The van der Waals surface area contributed by atoms with E-state index in [1.807, 2.05) is 7.05 Å². The molecule has 11 heavy (non-hydrogen) atoms. The summed E-state index contributed by atoms with van der Waals surface area (Å²) in [5.74, 6) is 0.425. The minimum atomic E-state index is -0.222. The SMILES string of the molecule is CC(C)CN(C)CCC(N)=O. The lowest BCUT2D eigenvalue weighted by Crippen LogP contribution is -2.27. The highest BCUT2D eigenvalue weighted by atomic mass is 16.1. The Morgan fingerprint density at radius 3 is 2.45 bits per heavy atom. The molecular weight excluding hydrogens is 140 g/mol. The molecule has 0 aromatic heterocycles. The first-order valence-electron chi connectivity index (χ1n) is 3.99. The van der Waals surface area contributed by atoms with Crippen molar-refractivity contribution in [3.05, 3.63) is 0 Å². The Morgan fingerprint density at radius 1 is 1.55 bits per heavy atom. The van der Waals surface area contributed by atoms with Crippen LogP contribution in [0.15, 0.2) is 0 Å². The van der Waals surface area contributed by atoms with Crippen LogP contribution in [0.25, 0.3) is 0 Å². The lowest BCUT2D eigenvalue weighted by Gasteiger charge is -2.17. The molecule has 0 heterocycles. The van der Waals surface area contributed by atoms with E-state index in [0.29, 0.717) is 12.3 Å². The van der Waals surface area contributed by atoms with E-state index in [4.69, 9.17) is 5.73 Å². The minimum absolute atomic E-state index is 0.222. The van der Waals surface area contributed by atoms with Crippen molar-refractivity contribution in [2.24, 2.45) is 11.7 Å². The summed E-state index contributed by atoms with van der Waals surface area (Å²) >= 11 is 0. The van der Waals surface area contributed by atoms with Gasteiger partial charge in [0.2, 0.25) is 5.91 Å². The fraction of sp³-hybridized carbons (Fsp3) is 0.875. The van der Waals surface area contributed by atoms with Crippen LogP contribution < -0.4 is 5.73 Å². The van der Waals surface area contributed by atoms with E-state index >= 15 is 0 Å². The number of primary amides is 1. The molecule has 0 rings (SSSR count). The maximum atomic E-state index is 10.4. The first-order valence-corrected chi connectivity index (χ1v) is 3.99. The van der Waals surface area contributed by atoms with E-state index in [-0.39, 0.29) is 5.91 Å². The third-order valence-electron chi connectivity index (χ3n) is 1.42. The second-order valence-electron chi connectivity index (χ2n) is 3.37. The smallest absolute Gasteiger partial charge is 0.218 e. The van der Waals surface area contributed by atoms with Crippen LogP contribution in [0.5, 0.6) is 0 Å². The molecule has 0 saturated carbocycles. The van der Waals surface area contributed by atoms with E-state index in [2.05, 4.69) is 18.7 Å². The average molecular weight is 158 g/mol. The van der Waals surface area contributed by atoms with Gasteiger partial charge >= 0.3 is 0 Å². The van der Waals surface area contributed by atoms with Crippen LogP contribution in [0.1, 0.15) is 20.3 Å². The molecule has 0 aromatic rings. The van der Waals surface area contributed by atoms with Gasteiger partial charge in [-0.15, -0.1) is 0 Å². The summed E-state index contributed by atoms with van der Waals surface area (Å²) in [6, 6.07) is 0. The van der Waals surface area contributed by atoms with Crippen LogP contribution in [0.4, 0.5) is 0 Å². The monoisotopic (exact) mass is 158 g/mol. The molecule has 1 amide bonds. The van der Waals surface area contributed by atoms with E-state index in [0.717, 1.165) is 13.1 Å². The van der Waals surface area contributed by atoms with Crippen molar-refractivity contribution in [3.63, 3.8) is 0 Å². The summed E-state index contributed by atoms with van der Waals surface area (Å²) in [6.45, 7) is 6.10. The molecule has 0 fully saturated rings. The molecule has 66 valence electrons. The van der Waals surface area contributed by atoms with Gasteiger partial charge < -0.3 is 10.6 Å². The maximum Gasteiger partial charge on any atom is 0.218 e. The van der Waals surface area contributed by atoms with Gasteiger partial charge in [-0.2, -0.15) is 0 Å². The highest BCUT2D eigenvalue weighted by molar-refractivity contribution is 5.73. The van der Waals surface area contributed by atoms with Gasteiger partial charge in [0.1, 0.15) is 0 Å². The van der Waals surface area contributed by atoms with Crippen molar-refractivity contribution >= 4 is 5.91 Å². The van der Waals surface area contributed by atoms with Crippen LogP contribution in [0.3, 0.4) is 0 Å². The number of rotatable bonds is 5. The normalized spacial score (nSPS) is 11.0. The second-order valence-corrected chi connectivity index (χ2v) is 3.37. The second kappa shape index (κ2) is 5.13. The summed E-state index contributed by atoms with van der Waals surface area (Å²) < 4.78 is 0. The quantitative estimate of drug-likeness (QED) is 0.631.